The molecule has 0 heterocycles. The van der Waals surface area contributed by atoms with Crippen molar-refractivity contribution in [2.24, 2.45) is 5.10 Å². The summed E-state index contributed by atoms with van der Waals surface area (Å²) in [6.07, 6.45) is 1.25. The third kappa shape index (κ3) is 4.86. The highest BCUT2D eigenvalue weighted by molar-refractivity contribution is 6.03. The van der Waals surface area contributed by atoms with Gasteiger partial charge >= 0.3 is 0 Å². The number of para-hydroxylation sites is 1. The Morgan fingerprint density at radius 1 is 1.00 bits per heavy atom. The number of hydrogen-bond donors (Lipinski definition) is 2. The summed E-state index contributed by atoms with van der Waals surface area (Å²) in [6, 6.07) is 16.8. The van der Waals surface area contributed by atoms with E-state index in [0.29, 0.717) is 5.69 Å². The summed E-state index contributed by atoms with van der Waals surface area (Å²) < 4.78 is 0. The van der Waals surface area contributed by atoms with Crippen LogP contribution in [0.2, 0.25) is 0 Å². The molecule has 0 aliphatic heterocycles. The molecule has 112 valence electrons. The molecule has 0 bridgehead atoms. The molecule has 2 aromatic rings. The van der Waals surface area contributed by atoms with Crippen molar-refractivity contribution in [2.45, 2.75) is 13.3 Å². The molecule has 0 spiro atoms. The number of benzene rings is 2. The van der Waals surface area contributed by atoms with E-state index in [0.717, 1.165) is 11.1 Å². The topological polar surface area (TPSA) is 70.6 Å². The molecule has 0 unspecified atom stereocenters. The van der Waals surface area contributed by atoms with Crippen molar-refractivity contribution in [1.29, 1.82) is 0 Å². The average Bonchev–Trinajstić information content (AvgIpc) is 2.50. The SMILES string of the molecule is Cc1ccccc1NC(=O)CC(=O)N/N=C/c1ccccc1. The predicted octanol–water partition coefficient (Wildman–Crippen LogP) is 2.47. The van der Waals surface area contributed by atoms with Crippen LogP contribution in [0.25, 0.3) is 0 Å². The van der Waals surface area contributed by atoms with Crippen molar-refractivity contribution in [2.75, 3.05) is 5.32 Å². The van der Waals surface area contributed by atoms with Crippen LogP contribution in [0.4, 0.5) is 5.69 Å². The van der Waals surface area contributed by atoms with Gasteiger partial charge in [-0.3, -0.25) is 9.59 Å². The molecule has 0 aliphatic carbocycles. The van der Waals surface area contributed by atoms with Gasteiger partial charge in [0.2, 0.25) is 11.8 Å². The molecular weight excluding hydrogens is 278 g/mol. The second kappa shape index (κ2) is 7.73. The van der Waals surface area contributed by atoms with Crippen molar-refractivity contribution < 1.29 is 9.59 Å². The lowest BCUT2D eigenvalue weighted by atomic mass is 10.2. The van der Waals surface area contributed by atoms with Crippen LogP contribution in [0.15, 0.2) is 59.7 Å². The highest BCUT2D eigenvalue weighted by Crippen LogP contribution is 2.13. The van der Waals surface area contributed by atoms with Gasteiger partial charge in [0.15, 0.2) is 0 Å². The van der Waals surface area contributed by atoms with E-state index in [1.807, 2.05) is 55.5 Å². The molecular formula is C17H17N3O2. The molecule has 2 N–H and O–H groups in total. The van der Waals surface area contributed by atoms with Gasteiger partial charge in [0.05, 0.1) is 6.21 Å². The van der Waals surface area contributed by atoms with Crippen LogP contribution in [0.5, 0.6) is 0 Å². The van der Waals surface area contributed by atoms with Crippen LogP contribution in [-0.4, -0.2) is 18.0 Å². The molecule has 5 nitrogen and oxygen atoms in total. The zero-order chi connectivity index (χ0) is 15.8. The smallest absolute Gasteiger partial charge is 0.249 e. The normalized spacial score (nSPS) is 10.4. The summed E-state index contributed by atoms with van der Waals surface area (Å²) in [7, 11) is 0. The highest BCUT2D eigenvalue weighted by atomic mass is 16.2. The number of carbonyl (C=O) groups is 2. The molecule has 0 radical (unpaired) electrons. The van der Waals surface area contributed by atoms with Gasteiger partial charge in [-0.1, -0.05) is 48.5 Å². The second-order valence-corrected chi connectivity index (χ2v) is 4.74. The molecule has 0 saturated carbocycles. The molecule has 0 aliphatic rings. The summed E-state index contributed by atoms with van der Waals surface area (Å²) in [5.41, 5.74) is 4.84. The minimum Gasteiger partial charge on any atom is -0.325 e. The Labute approximate surface area is 129 Å². The zero-order valence-corrected chi connectivity index (χ0v) is 12.2. The van der Waals surface area contributed by atoms with Crippen molar-refractivity contribution in [1.82, 2.24) is 5.43 Å². The van der Waals surface area contributed by atoms with Crippen molar-refractivity contribution >= 4 is 23.7 Å². The first kappa shape index (κ1) is 15.4. The van der Waals surface area contributed by atoms with Gasteiger partial charge in [-0.2, -0.15) is 5.10 Å². The van der Waals surface area contributed by atoms with E-state index < -0.39 is 5.91 Å². The van der Waals surface area contributed by atoms with Gasteiger partial charge in [0, 0.05) is 5.69 Å². The highest BCUT2D eigenvalue weighted by Gasteiger charge is 2.09. The zero-order valence-electron chi connectivity index (χ0n) is 12.2. The molecule has 2 aromatic carbocycles. The number of rotatable bonds is 5. The van der Waals surface area contributed by atoms with Gasteiger partial charge in [0.25, 0.3) is 0 Å². The number of aryl methyl sites for hydroxylation is 1. The molecule has 0 aromatic heterocycles. The molecule has 5 heteroatoms. The lowest BCUT2D eigenvalue weighted by Gasteiger charge is -2.07. The third-order valence-corrected chi connectivity index (χ3v) is 2.94. The fraction of sp³-hybridized carbons (Fsp3) is 0.118. The number of carbonyl (C=O) groups excluding carboxylic acids is 2. The Bertz CT molecular complexity index is 681. The maximum Gasteiger partial charge on any atom is 0.249 e. The van der Waals surface area contributed by atoms with E-state index >= 15 is 0 Å². The van der Waals surface area contributed by atoms with E-state index in [1.165, 1.54) is 6.21 Å². The van der Waals surface area contributed by atoms with Gasteiger partial charge in [-0.25, -0.2) is 5.43 Å². The molecule has 22 heavy (non-hydrogen) atoms. The van der Waals surface area contributed by atoms with E-state index in [2.05, 4.69) is 15.8 Å². The maximum absolute atomic E-state index is 11.8. The van der Waals surface area contributed by atoms with Crippen LogP contribution in [0.1, 0.15) is 17.5 Å². The van der Waals surface area contributed by atoms with Crippen LogP contribution >= 0.6 is 0 Å². The van der Waals surface area contributed by atoms with Crippen LogP contribution < -0.4 is 10.7 Å². The fourth-order valence-electron chi connectivity index (χ4n) is 1.81. The van der Waals surface area contributed by atoms with Crippen LogP contribution in [0, 0.1) is 6.92 Å². The average molecular weight is 295 g/mol. The third-order valence-electron chi connectivity index (χ3n) is 2.94. The summed E-state index contributed by atoms with van der Waals surface area (Å²) in [5.74, 6) is -0.833. The first-order chi connectivity index (χ1) is 10.6. The van der Waals surface area contributed by atoms with Crippen LogP contribution in [-0.2, 0) is 9.59 Å². The first-order valence-electron chi connectivity index (χ1n) is 6.87. The van der Waals surface area contributed by atoms with Crippen LogP contribution in [0.3, 0.4) is 0 Å². The Hall–Kier alpha value is -2.95. The summed E-state index contributed by atoms with van der Waals surface area (Å²) in [6.45, 7) is 1.89. The van der Waals surface area contributed by atoms with Gasteiger partial charge in [-0.15, -0.1) is 0 Å². The van der Waals surface area contributed by atoms with E-state index in [4.69, 9.17) is 0 Å². The Balaban J connectivity index is 1.81. The number of hydrazone groups is 1. The summed E-state index contributed by atoms with van der Waals surface area (Å²) in [4.78, 5) is 23.4. The minimum absolute atomic E-state index is 0.277. The van der Waals surface area contributed by atoms with Gasteiger partial charge < -0.3 is 5.32 Å². The number of anilines is 1. The first-order valence-corrected chi connectivity index (χ1v) is 6.87. The summed E-state index contributed by atoms with van der Waals surface area (Å²) >= 11 is 0. The number of nitrogens with zero attached hydrogens (tertiary/aromatic N) is 1. The fourth-order valence-corrected chi connectivity index (χ4v) is 1.81. The van der Waals surface area contributed by atoms with Crippen molar-refractivity contribution in [3.63, 3.8) is 0 Å². The standard InChI is InChI=1S/C17H17N3O2/c1-13-7-5-6-10-15(13)19-16(21)11-17(22)20-18-12-14-8-3-2-4-9-14/h2-10,12H,11H2,1H3,(H,19,21)(H,20,22)/b18-12+. The second-order valence-electron chi connectivity index (χ2n) is 4.74. The Kier molecular flexibility index (Phi) is 5.43. The van der Waals surface area contributed by atoms with Gasteiger partial charge in [0.1, 0.15) is 6.42 Å². The van der Waals surface area contributed by atoms with E-state index in [9.17, 15) is 9.59 Å². The Morgan fingerprint density at radius 3 is 2.41 bits per heavy atom. The van der Waals surface area contributed by atoms with E-state index in [-0.39, 0.29) is 12.3 Å². The number of amides is 2. The largest absolute Gasteiger partial charge is 0.325 e. The number of hydrogen-bond acceptors (Lipinski definition) is 3. The Morgan fingerprint density at radius 2 is 1.68 bits per heavy atom. The molecule has 2 rings (SSSR count). The number of nitrogens with one attached hydrogen (secondary N) is 2. The monoisotopic (exact) mass is 295 g/mol. The van der Waals surface area contributed by atoms with Gasteiger partial charge in [-0.05, 0) is 24.1 Å². The van der Waals surface area contributed by atoms with E-state index in [1.54, 1.807) is 6.07 Å². The molecule has 0 saturated heterocycles. The molecule has 0 fully saturated rings. The minimum atomic E-state index is -0.460. The lowest BCUT2D eigenvalue weighted by molar-refractivity contribution is -0.126. The lowest BCUT2D eigenvalue weighted by Crippen LogP contribution is -2.24. The quantitative estimate of drug-likeness (QED) is 0.505. The maximum atomic E-state index is 11.8. The van der Waals surface area contributed by atoms with Crippen molar-refractivity contribution in [3.8, 4) is 0 Å². The molecule has 0 atom stereocenters. The summed E-state index contributed by atoms with van der Waals surface area (Å²) in [5, 5.41) is 6.51. The molecule has 2 amide bonds. The van der Waals surface area contributed by atoms with Crippen molar-refractivity contribution in [3.05, 3.63) is 65.7 Å². The predicted molar refractivity (Wildman–Crippen MR) is 86.6 cm³/mol.